The fraction of sp³-hybridized carbons (Fsp3) is 0.214. The molecule has 6 nitrogen and oxygen atoms in total. The first kappa shape index (κ1) is 24.0. The Morgan fingerprint density at radius 3 is 2.34 bits per heavy atom. The summed E-state index contributed by atoms with van der Waals surface area (Å²) in [6.45, 7) is 5.75. The SMILES string of the molecule is COC(=O)C1=C(C)N(Cc2ccc(OC)cc2)C(=O)/C1=C\c1cc(C)n(-c2ccccc2F)c1C. The van der Waals surface area contributed by atoms with Crippen molar-refractivity contribution in [2.75, 3.05) is 14.2 Å². The highest BCUT2D eigenvalue weighted by Gasteiger charge is 2.37. The van der Waals surface area contributed by atoms with Crippen LogP contribution in [0.1, 0.15) is 29.4 Å². The number of rotatable bonds is 6. The van der Waals surface area contributed by atoms with Crippen LogP contribution in [0.25, 0.3) is 11.8 Å². The van der Waals surface area contributed by atoms with Gasteiger partial charge in [-0.2, -0.15) is 0 Å². The van der Waals surface area contributed by atoms with Crippen LogP contribution < -0.4 is 4.74 Å². The zero-order valence-electron chi connectivity index (χ0n) is 20.4. The number of hydrogen-bond donors (Lipinski definition) is 0. The standard InChI is InChI=1S/C28H27FN2O4/c1-17-14-21(18(2)31(17)25-9-7-6-8-24(25)29)15-23-26(28(33)35-5)19(3)30(27(23)32)16-20-10-12-22(34-4)13-11-20/h6-15H,16H2,1-5H3/b23-15-. The second-order valence-corrected chi connectivity index (χ2v) is 8.36. The maximum atomic E-state index is 14.5. The summed E-state index contributed by atoms with van der Waals surface area (Å²) < 4.78 is 26.5. The molecule has 4 rings (SSSR count). The lowest BCUT2D eigenvalue weighted by Gasteiger charge is -2.18. The molecule has 0 bridgehead atoms. The van der Waals surface area contributed by atoms with E-state index in [2.05, 4.69) is 0 Å². The first-order valence-electron chi connectivity index (χ1n) is 11.2. The predicted molar refractivity (Wildman–Crippen MR) is 131 cm³/mol. The largest absolute Gasteiger partial charge is 0.497 e. The van der Waals surface area contributed by atoms with Crippen molar-refractivity contribution in [1.29, 1.82) is 0 Å². The van der Waals surface area contributed by atoms with Crippen molar-refractivity contribution in [3.05, 3.63) is 99.8 Å². The number of esters is 1. The van der Waals surface area contributed by atoms with Crippen molar-refractivity contribution in [2.24, 2.45) is 0 Å². The van der Waals surface area contributed by atoms with Gasteiger partial charge in [0.25, 0.3) is 5.91 Å². The highest BCUT2D eigenvalue weighted by atomic mass is 19.1. The third kappa shape index (κ3) is 4.37. The fourth-order valence-corrected chi connectivity index (χ4v) is 4.43. The van der Waals surface area contributed by atoms with Crippen LogP contribution in [-0.4, -0.2) is 35.6 Å². The molecule has 0 atom stereocenters. The van der Waals surface area contributed by atoms with Gasteiger partial charge in [0.05, 0.1) is 37.6 Å². The van der Waals surface area contributed by atoms with Crippen molar-refractivity contribution in [2.45, 2.75) is 27.3 Å². The number of nitrogens with zero attached hydrogens (tertiary/aromatic N) is 2. The van der Waals surface area contributed by atoms with Gasteiger partial charge in [-0.3, -0.25) is 4.79 Å². The van der Waals surface area contributed by atoms with E-state index >= 15 is 0 Å². The number of aromatic nitrogens is 1. The lowest BCUT2D eigenvalue weighted by molar-refractivity contribution is -0.136. The quantitative estimate of drug-likeness (QED) is 0.368. The zero-order chi connectivity index (χ0) is 25.3. The minimum atomic E-state index is -0.581. The molecule has 0 fully saturated rings. The molecule has 0 spiro atoms. The fourth-order valence-electron chi connectivity index (χ4n) is 4.43. The number of hydrogen-bond acceptors (Lipinski definition) is 4. The molecule has 0 unspecified atom stereocenters. The van der Waals surface area contributed by atoms with Crippen molar-refractivity contribution < 1.29 is 23.5 Å². The Hall–Kier alpha value is -4.13. The molecule has 0 N–H and O–H groups in total. The summed E-state index contributed by atoms with van der Waals surface area (Å²) in [4.78, 5) is 27.8. The summed E-state index contributed by atoms with van der Waals surface area (Å²) in [5.41, 5.74) is 4.58. The van der Waals surface area contributed by atoms with Crippen molar-refractivity contribution in [1.82, 2.24) is 9.47 Å². The van der Waals surface area contributed by atoms with Gasteiger partial charge in [-0.25, -0.2) is 9.18 Å². The molecule has 7 heteroatoms. The van der Waals surface area contributed by atoms with E-state index in [0.29, 0.717) is 17.9 Å². The molecule has 2 heterocycles. The van der Waals surface area contributed by atoms with Crippen LogP contribution in [0.2, 0.25) is 0 Å². The number of para-hydroxylation sites is 1. The van der Waals surface area contributed by atoms with E-state index in [1.807, 2.05) is 44.2 Å². The first-order chi connectivity index (χ1) is 16.8. The summed E-state index contributed by atoms with van der Waals surface area (Å²) >= 11 is 0. The third-order valence-electron chi connectivity index (χ3n) is 6.26. The Morgan fingerprint density at radius 2 is 1.71 bits per heavy atom. The van der Waals surface area contributed by atoms with Crippen molar-refractivity contribution in [3.8, 4) is 11.4 Å². The smallest absolute Gasteiger partial charge is 0.340 e. The Bertz CT molecular complexity index is 1370. The maximum absolute atomic E-state index is 14.5. The zero-order valence-corrected chi connectivity index (χ0v) is 20.4. The van der Waals surface area contributed by atoms with Crippen LogP contribution in [0.4, 0.5) is 4.39 Å². The number of allylic oxidation sites excluding steroid dienone is 1. The highest BCUT2D eigenvalue weighted by molar-refractivity contribution is 6.16. The molecule has 1 aliphatic heterocycles. The Labute approximate surface area is 203 Å². The van der Waals surface area contributed by atoms with Gasteiger partial charge in [-0.15, -0.1) is 0 Å². The summed E-state index contributed by atoms with van der Waals surface area (Å²) in [7, 11) is 2.88. The van der Waals surface area contributed by atoms with Gasteiger partial charge in [0.2, 0.25) is 0 Å². The molecule has 0 radical (unpaired) electrons. The molecule has 0 aliphatic carbocycles. The van der Waals surface area contributed by atoms with Gasteiger partial charge in [-0.05, 0) is 68.3 Å². The van der Waals surface area contributed by atoms with E-state index < -0.39 is 5.97 Å². The molecule has 3 aromatic rings. The Morgan fingerprint density at radius 1 is 1.03 bits per heavy atom. The lowest BCUT2D eigenvalue weighted by atomic mass is 10.0. The van der Waals surface area contributed by atoms with Crippen LogP contribution in [0.3, 0.4) is 0 Å². The van der Waals surface area contributed by atoms with Gasteiger partial charge in [0, 0.05) is 17.1 Å². The normalized spacial score (nSPS) is 14.7. The highest BCUT2D eigenvalue weighted by Crippen LogP contribution is 2.34. The average molecular weight is 475 g/mol. The van der Waals surface area contributed by atoms with Gasteiger partial charge in [-0.1, -0.05) is 24.3 Å². The van der Waals surface area contributed by atoms with Gasteiger partial charge in [0.1, 0.15) is 11.6 Å². The number of carbonyl (C=O) groups excluding carboxylic acids is 2. The van der Waals surface area contributed by atoms with Crippen LogP contribution in [0.15, 0.2) is 71.4 Å². The number of methoxy groups -OCH3 is 2. The number of amides is 1. The average Bonchev–Trinajstić information content (AvgIpc) is 3.26. The minimum Gasteiger partial charge on any atom is -0.497 e. The molecule has 35 heavy (non-hydrogen) atoms. The first-order valence-corrected chi connectivity index (χ1v) is 11.2. The molecule has 1 aliphatic rings. The summed E-state index contributed by atoms with van der Waals surface area (Å²) in [5, 5.41) is 0. The van der Waals surface area contributed by atoms with E-state index in [-0.39, 0.29) is 22.9 Å². The molecule has 1 amide bonds. The van der Waals surface area contributed by atoms with Crippen molar-refractivity contribution >= 4 is 18.0 Å². The number of carbonyl (C=O) groups is 2. The molecule has 2 aromatic carbocycles. The minimum absolute atomic E-state index is 0.224. The Kier molecular flexibility index (Phi) is 6.60. The predicted octanol–water partition coefficient (Wildman–Crippen LogP) is 5.11. The lowest BCUT2D eigenvalue weighted by Crippen LogP contribution is -2.24. The second kappa shape index (κ2) is 9.62. The topological polar surface area (TPSA) is 60.8 Å². The van der Waals surface area contributed by atoms with E-state index in [4.69, 9.17) is 9.47 Å². The van der Waals surface area contributed by atoms with E-state index in [1.54, 1.807) is 47.8 Å². The van der Waals surface area contributed by atoms with E-state index in [1.165, 1.54) is 13.2 Å². The van der Waals surface area contributed by atoms with Gasteiger partial charge < -0.3 is 18.9 Å². The molecular weight excluding hydrogens is 447 g/mol. The van der Waals surface area contributed by atoms with Crippen LogP contribution in [-0.2, 0) is 20.9 Å². The third-order valence-corrected chi connectivity index (χ3v) is 6.26. The number of benzene rings is 2. The second-order valence-electron chi connectivity index (χ2n) is 8.36. The maximum Gasteiger partial charge on any atom is 0.340 e. The summed E-state index contributed by atoms with van der Waals surface area (Å²) in [6.07, 6.45) is 1.69. The number of aryl methyl sites for hydroxylation is 1. The van der Waals surface area contributed by atoms with Crippen LogP contribution in [0.5, 0.6) is 5.75 Å². The van der Waals surface area contributed by atoms with Crippen LogP contribution in [0, 0.1) is 19.7 Å². The summed E-state index contributed by atoms with van der Waals surface area (Å²) in [6, 6.07) is 15.8. The number of halogens is 1. The molecular formula is C28H27FN2O4. The van der Waals surface area contributed by atoms with Crippen LogP contribution >= 0.6 is 0 Å². The molecule has 0 saturated carbocycles. The monoisotopic (exact) mass is 474 g/mol. The molecule has 0 saturated heterocycles. The van der Waals surface area contributed by atoms with Crippen molar-refractivity contribution in [3.63, 3.8) is 0 Å². The van der Waals surface area contributed by atoms with Gasteiger partial charge >= 0.3 is 5.97 Å². The Balaban J connectivity index is 1.76. The van der Waals surface area contributed by atoms with Gasteiger partial charge in [0.15, 0.2) is 0 Å². The summed E-state index contributed by atoms with van der Waals surface area (Å²) in [5.74, 6) is -0.506. The number of ether oxygens (including phenoxy) is 2. The molecule has 1 aromatic heterocycles. The molecule has 180 valence electrons. The van der Waals surface area contributed by atoms with E-state index in [9.17, 15) is 14.0 Å². The van der Waals surface area contributed by atoms with E-state index in [0.717, 1.165) is 28.3 Å².